The van der Waals surface area contributed by atoms with E-state index in [0.717, 1.165) is 37.1 Å². The van der Waals surface area contributed by atoms with E-state index in [1.54, 1.807) is 9.21 Å². The first-order valence-corrected chi connectivity index (χ1v) is 12.7. The molecule has 2 aromatic rings. The third-order valence-corrected chi connectivity index (χ3v) is 7.77. The van der Waals surface area contributed by atoms with Crippen LogP contribution in [0.25, 0.3) is 0 Å². The minimum absolute atomic E-state index is 0.0206. The summed E-state index contributed by atoms with van der Waals surface area (Å²) in [6, 6.07) is 7.86. The molecule has 0 atom stereocenters. The van der Waals surface area contributed by atoms with E-state index in [1.165, 1.54) is 17.4 Å². The van der Waals surface area contributed by atoms with Gasteiger partial charge in [-0.15, -0.1) is 0 Å². The molecule has 1 aliphatic rings. The summed E-state index contributed by atoms with van der Waals surface area (Å²) in [5.41, 5.74) is 5.26. The quantitative estimate of drug-likeness (QED) is 0.655. The molecule has 1 fully saturated rings. The van der Waals surface area contributed by atoms with Crippen LogP contribution in [0, 0.1) is 19.8 Å². The highest BCUT2D eigenvalue weighted by Gasteiger charge is 2.25. The minimum Gasteiger partial charge on any atom is -0.341 e. The topological polar surface area (TPSA) is 75.5 Å². The van der Waals surface area contributed by atoms with Gasteiger partial charge in [-0.05, 0) is 68.7 Å². The summed E-state index contributed by atoms with van der Waals surface area (Å²) in [5, 5.41) is 4.45. The summed E-state index contributed by atoms with van der Waals surface area (Å²) in [5.74, 6) is 0.500. The van der Waals surface area contributed by atoms with Gasteiger partial charge < -0.3 is 4.90 Å². The highest BCUT2D eigenvalue weighted by molar-refractivity contribution is 7.88. The number of carbonyl (C=O) groups excluding carboxylic acids is 1. The molecule has 170 valence electrons. The summed E-state index contributed by atoms with van der Waals surface area (Å²) in [4.78, 5) is 14.6. The fraction of sp³-hybridized carbons (Fsp3) is 0.565. The lowest BCUT2D eigenvalue weighted by Gasteiger charge is -2.30. The van der Waals surface area contributed by atoms with E-state index in [1.807, 2.05) is 50.0 Å². The standard InChI is InChI=1S/C23H34N4O3S/c1-17-22(18(2)26(4)24-17)12-13-25(3)23(28)21-8-6-19(7-9-21)16-20-10-14-27(15-11-20)31(5,29)30/h6-9,20H,10-16H2,1-5H3. The van der Waals surface area contributed by atoms with Crippen molar-refractivity contribution in [2.45, 2.75) is 39.5 Å². The molecule has 1 aromatic heterocycles. The van der Waals surface area contributed by atoms with Gasteiger partial charge in [0.1, 0.15) is 0 Å². The van der Waals surface area contributed by atoms with Gasteiger partial charge in [0.2, 0.25) is 10.0 Å². The van der Waals surface area contributed by atoms with Crippen LogP contribution in [-0.4, -0.2) is 66.2 Å². The summed E-state index contributed by atoms with van der Waals surface area (Å²) >= 11 is 0. The van der Waals surface area contributed by atoms with Crippen LogP contribution in [0.1, 0.15) is 45.7 Å². The number of hydrogen-bond donors (Lipinski definition) is 0. The lowest BCUT2D eigenvalue weighted by molar-refractivity contribution is 0.0796. The number of hydrogen-bond acceptors (Lipinski definition) is 4. The zero-order chi connectivity index (χ0) is 22.8. The molecule has 0 N–H and O–H groups in total. The number of likely N-dealkylation sites (N-methyl/N-ethyl adjacent to an activating group) is 1. The lowest BCUT2D eigenvalue weighted by atomic mass is 9.90. The number of aromatic nitrogens is 2. The van der Waals surface area contributed by atoms with Crippen LogP contribution in [0.5, 0.6) is 0 Å². The SMILES string of the molecule is Cc1nn(C)c(C)c1CCN(C)C(=O)c1ccc(CC2CCN(S(C)(=O)=O)CC2)cc1. The Labute approximate surface area is 186 Å². The van der Waals surface area contributed by atoms with Gasteiger partial charge in [-0.1, -0.05) is 12.1 Å². The van der Waals surface area contributed by atoms with E-state index >= 15 is 0 Å². The van der Waals surface area contributed by atoms with Crippen LogP contribution in [0.4, 0.5) is 0 Å². The predicted molar refractivity (Wildman–Crippen MR) is 123 cm³/mol. The Morgan fingerprint density at radius 1 is 1.16 bits per heavy atom. The van der Waals surface area contributed by atoms with Crippen LogP contribution in [0.15, 0.2) is 24.3 Å². The molecule has 3 rings (SSSR count). The number of aryl methyl sites for hydroxylation is 2. The number of amides is 1. The van der Waals surface area contributed by atoms with Crippen molar-refractivity contribution in [2.24, 2.45) is 13.0 Å². The van der Waals surface area contributed by atoms with Crippen LogP contribution < -0.4 is 0 Å². The van der Waals surface area contributed by atoms with Gasteiger partial charge in [0.25, 0.3) is 5.91 Å². The molecule has 1 aromatic carbocycles. The second kappa shape index (κ2) is 9.53. The van der Waals surface area contributed by atoms with E-state index in [4.69, 9.17) is 0 Å². The molecule has 0 radical (unpaired) electrons. The number of carbonyl (C=O) groups is 1. The van der Waals surface area contributed by atoms with Crippen molar-refractivity contribution in [3.05, 3.63) is 52.3 Å². The van der Waals surface area contributed by atoms with Crippen molar-refractivity contribution in [3.63, 3.8) is 0 Å². The molecule has 31 heavy (non-hydrogen) atoms. The van der Waals surface area contributed by atoms with Crippen molar-refractivity contribution in [2.75, 3.05) is 32.9 Å². The van der Waals surface area contributed by atoms with Crippen LogP contribution >= 0.6 is 0 Å². The molecule has 1 aliphatic heterocycles. The Morgan fingerprint density at radius 2 is 1.77 bits per heavy atom. The fourth-order valence-electron chi connectivity index (χ4n) is 4.34. The molecule has 0 spiro atoms. The molecular formula is C23H34N4O3S. The molecule has 0 aliphatic carbocycles. The van der Waals surface area contributed by atoms with Gasteiger partial charge in [-0.25, -0.2) is 12.7 Å². The molecule has 7 nitrogen and oxygen atoms in total. The lowest BCUT2D eigenvalue weighted by Crippen LogP contribution is -2.38. The molecule has 0 saturated carbocycles. The van der Waals surface area contributed by atoms with Gasteiger partial charge in [0.05, 0.1) is 11.9 Å². The Kier molecular flexibility index (Phi) is 7.21. The number of sulfonamides is 1. The molecule has 0 bridgehead atoms. The molecule has 8 heteroatoms. The zero-order valence-electron chi connectivity index (χ0n) is 19.3. The largest absolute Gasteiger partial charge is 0.341 e. The highest BCUT2D eigenvalue weighted by Crippen LogP contribution is 2.23. The van der Waals surface area contributed by atoms with Crippen LogP contribution in [-0.2, 0) is 29.9 Å². The molecule has 1 amide bonds. The molecule has 0 unspecified atom stereocenters. The van der Waals surface area contributed by atoms with Crippen LogP contribution in [0.3, 0.4) is 0 Å². The zero-order valence-corrected chi connectivity index (χ0v) is 20.1. The predicted octanol–water partition coefficient (Wildman–Crippen LogP) is 2.57. The maximum atomic E-state index is 12.8. The van der Waals surface area contributed by atoms with Crippen LogP contribution in [0.2, 0.25) is 0 Å². The van der Waals surface area contributed by atoms with Gasteiger partial charge >= 0.3 is 0 Å². The number of piperidine rings is 1. The Balaban J connectivity index is 1.53. The second-order valence-corrected chi connectivity index (χ2v) is 10.7. The maximum absolute atomic E-state index is 12.8. The van der Waals surface area contributed by atoms with Gasteiger partial charge in [0.15, 0.2) is 0 Å². The molecule has 1 saturated heterocycles. The second-order valence-electron chi connectivity index (χ2n) is 8.76. The van der Waals surface area contributed by atoms with Gasteiger partial charge in [-0.2, -0.15) is 5.10 Å². The van der Waals surface area contributed by atoms with E-state index in [-0.39, 0.29) is 5.91 Å². The number of nitrogens with zero attached hydrogens (tertiary/aromatic N) is 4. The minimum atomic E-state index is -3.09. The summed E-state index contributed by atoms with van der Waals surface area (Å²) in [6.07, 6.45) is 4.74. The van der Waals surface area contributed by atoms with Gasteiger partial charge in [-0.3, -0.25) is 9.48 Å². The van der Waals surface area contributed by atoms with Crippen molar-refractivity contribution < 1.29 is 13.2 Å². The first kappa shape index (κ1) is 23.5. The molecular weight excluding hydrogens is 412 g/mol. The highest BCUT2D eigenvalue weighted by atomic mass is 32.2. The van der Waals surface area contributed by atoms with Crippen molar-refractivity contribution in [3.8, 4) is 0 Å². The van der Waals surface area contributed by atoms with Crippen molar-refractivity contribution in [1.82, 2.24) is 19.0 Å². The third-order valence-electron chi connectivity index (χ3n) is 6.47. The number of benzene rings is 1. The van der Waals surface area contributed by atoms with E-state index in [0.29, 0.717) is 31.1 Å². The first-order valence-electron chi connectivity index (χ1n) is 10.8. The monoisotopic (exact) mass is 446 g/mol. The summed E-state index contributed by atoms with van der Waals surface area (Å²) in [6.45, 7) is 5.91. The Morgan fingerprint density at radius 3 is 2.29 bits per heavy atom. The van der Waals surface area contributed by atoms with E-state index in [2.05, 4.69) is 12.0 Å². The van der Waals surface area contributed by atoms with E-state index in [9.17, 15) is 13.2 Å². The average Bonchev–Trinajstić information content (AvgIpc) is 2.97. The number of rotatable bonds is 7. The third kappa shape index (κ3) is 5.74. The normalized spacial score (nSPS) is 15.9. The van der Waals surface area contributed by atoms with Crippen molar-refractivity contribution >= 4 is 15.9 Å². The smallest absolute Gasteiger partial charge is 0.253 e. The Hall–Kier alpha value is -2.19. The maximum Gasteiger partial charge on any atom is 0.253 e. The van der Waals surface area contributed by atoms with Gasteiger partial charge in [0, 0.05) is 45.0 Å². The van der Waals surface area contributed by atoms with E-state index < -0.39 is 10.0 Å². The van der Waals surface area contributed by atoms with Crippen molar-refractivity contribution in [1.29, 1.82) is 0 Å². The fourth-order valence-corrected chi connectivity index (χ4v) is 5.22. The molecule has 2 heterocycles. The Bertz CT molecular complexity index is 1020. The average molecular weight is 447 g/mol. The summed E-state index contributed by atoms with van der Waals surface area (Å²) in [7, 11) is 0.697. The summed E-state index contributed by atoms with van der Waals surface area (Å²) < 4.78 is 26.8. The first-order chi connectivity index (χ1) is 14.6.